The standard InChI is InChI=1S/C13H17F3N2O4/c1-21-7-8-22-6-2-5-17-11(19)9-3-4-10(13(14,15)16)18-12(9)20/h3-4H,2,5-8H2,1H3,(H,17,19)(H,18,20). The first-order valence-electron chi connectivity index (χ1n) is 6.51. The smallest absolute Gasteiger partial charge is 0.382 e. The summed E-state index contributed by atoms with van der Waals surface area (Å²) in [5.41, 5.74) is -2.64. The van der Waals surface area contributed by atoms with Gasteiger partial charge in [0.05, 0.1) is 13.2 Å². The highest BCUT2D eigenvalue weighted by Crippen LogP contribution is 2.26. The van der Waals surface area contributed by atoms with E-state index in [9.17, 15) is 22.8 Å². The minimum absolute atomic E-state index is 0.242. The molecule has 0 unspecified atom stereocenters. The van der Waals surface area contributed by atoms with E-state index in [1.807, 2.05) is 0 Å². The van der Waals surface area contributed by atoms with Crippen molar-refractivity contribution in [1.29, 1.82) is 0 Å². The van der Waals surface area contributed by atoms with Gasteiger partial charge >= 0.3 is 6.18 Å². The molecule has 22 heavy (non-hydrogen) atoms. The molecule has 1 amide bonds. The van der Waals surface area contributed by atoms with Crippen LogP contribution in [0.1, 0.15) is 22.5 Å². The number of aromatic amines is 1. The van der Waals surface area contributed by atoms with Crippen LogP contribution in [0.5, 0.6) is 0 Å². The second-order valence-corrected chi connectivity index (χ2v) is 4.33. The van der Waals surface area contributed by atoms with Gasteiger partial charge in [0.1, 0.15) is 11.3 Å². The molecular formula is C13H17F3N2O4. The predicted molar refractivity (Wildman–Crippen MR) is 71.7 cm³/mol. The highest BCUT2D eigenvalue weighted by Gasteiger charge is 2.32. The summed E-state index contributed by atoms with van der Waals surface area (Å²) >= 11 is 0. The number of rotatable bonds is 8. The third-order valence-electron chi connectivity index (χ3n) is 2.64. The van der Waals surface area contributed by atoms with E-state index in [2.05, 4.69) is 5.32 Å². The maximum Gasteiger partial charge on any atom is 0.431 e. The molecule has 0 atom stereocenters. The molecule has 0 fully saturated rings. The van der Waals surface area contributed by atoms with Crippen LogP contribution < -0.4 is 10.9 Å². The molecule has 6 nitrogen and oxygen atoms in total. The van der Waals surface area contributed by atoms with Crippen molar-refractivity contribution in [3.05, 3.63) is 33.7 Å². The van der Waals surface area contributed by atoms with E-state index in [0.717, 1.165) is 6.07 Å². The Morgan fingerprint density at radius 3 is 2.59 bits per heavy atom. The van der Waals surface area contributed by atoms with Crippen molar-refractivity contribution in [2.45, 2.75) is 12.6 Å². The van der Waals surface area contributed by atoms with Crippen LogP contribution in [0.4, 0.5) is 13.2 Å². The maximum absolute atomic E-state index is 12.4. The van der Waals surface area contributed by atoms with Crippen LogP contribution in [0.25, 0.3) is 0 Å². The van der Waals surface area contributed by atoms with Crippen molar-refractivity contribution in [2.75, 3.05) is 33.5 Å². The zero-order valence-corrected chi connectivity index (χ0v) is 12.0. The molecule has 9 heteroatoms. The number of nitrogens with one attached hydrogen (secondary N) is 2. The van der Waals surface area contributed by atoms with Gasteiger partial charge in [-0.05, 0) is 18.6 Å². The van der Waals surface area contributed by atoms with Gasteiger partial charge in [-0.2, -0.15) is 13.2 Å². The molecule has 0 spiro atoms. The van der Waals surface area contributed by atoms with Crippen LogP contribution in [0, 0.1) is 0 Å². The van der Waals surface area contributed by atoms with Gasteiger partial charge < -0.3 is 19.8 Å². The van der Waals surface area contributed by atoms with Gasteiger partial charge in [-0.15, -0.1) is 0 Å². The fourth-order valence-electron chi connectivity index (χ4n) is 1.53. The maximum atomic E-state index is 12.4. The molecule has 124 valence electrons. The molecule has 0 aliphatic carbocycles. The van der Waals surface area contributed by atoms with Gasteiger partial charge in [-0.3, -0.25) is 9.59 Å². The lowest BCUT2D eigenvalue weighted by atomic mass is 10.2. The first-order chi connectivity index (χ1) is 10.4. The molecule has 0 aliphatic rings. The lowest BCUT2D eigenvalue weighted by Gasteiger charge is -2.08. The minimum Gasteiger partial charge on any atom is -0.382 e. The van der Waals surface area contributed by atoms with E-state index >= 15 is 0 Å². The number of methoxy groups -OCH3 is 1. The van der Waals surface area contributed by atoms with Crippen molar-refractivity contribution < 1.29 is 27.4 Å². The fourth-order valence-corrected chi connectivity index (χ4v) is 1.53. The third-order valence-corrected chi connectivity index (χ3v) is 2.64. The van der Waals surface area contributed by atoms with E-state index in [1.165, 1.54) is 0 Å². The monoisotopic (exact) mass is 322 g/mol. The highest BCUT2D eigenvalue weighted by molar-refractivity contribution is 5.93. The average Bonchev–Trinajstić information content (AvgIpc) is 2.45. The van der Waals surface area contributed by atoms with Gasteiger partial charge in [0.25, 0.3) is 11.5 Å². The Balaban J connectivity index is 2.45. The summed E-state index contributed by atoms with van der Waals surface area (Å²) in [6.45, 7) is 1.54. The lowest BCUT2D eigenvalue weighted by Crippen LogP contribution is -2.31. The summed E-state index contributed by atoms with van der Waals surface area (Å²) in [4.78, 5) is 24.8. The van der Waals surface area contributed by atoms with E-state index in [0.29, 0.717) is 32.3 Å². The molecule has 1 aromatic heterocycles. The van der Waals surface area contributed by atoms with E-state index in [-0.39, 0.29) is 12.1 Å². The van der Waals surface area contributed by atoms with Crippen LogP contribution in [0.15, 0.2) is 16.9 Å². The Morgan fingerprint density at radius 1 is 1.27 bits per heavy atom. The molecule has 1 heterocycles. The van der Waals surface area contributed by atoms with E-state index in [1.54, 1.807) is 12.1 Å². The Bertz CT molecular complexity index is 543. The molecule has 0 aromatic carbocycles. The summed E-state index contributed by atoms with van der Waals surface area (Å²) in [7, 11) is 1.55. The molecular weight excluding hydrogens is 305 g/mol. The van der Waals surface area contributed by atoms with Crippen LogP contribution in [-0.2, 0) is 15.7 Å². The number of hydrogen-bond acceptors (Lipinski definition) is 4. The molecule has 0 saturated carbocycles. The molecule has 0 radical (unpaired) electrons. The van der Waals surface area contributed by atoms with Crippen molar-refractivity contribution in [1.82, 2.24) is 10.3 Å². The quantitative estimate of drug-likeness (QED) is 0.704. The van der Waals surface area contributed by atoms with Crippen LogP contribution in [0.2, 0.25) is 0 Å². The Labute approximate surface area is 124 Å². The number of amides is 1. The third kappa shape index (κ3) is 5.86. The summed E-state index contributed by atoms with van der Waals surface area (Å²) in [5, 5.41) is 2.44. The highest BCUT2D eigenvalue weighted by atomic mass is 19.4. The van der Waals surface area contributed by atoms with Gasteiger partial charge in [-0.25, -0.2) is 0 Å². The SMILES string of the molecule is COCCOCCCNC(=O)c1ccc(C(F)(F)F)[nH]c1=O. The number of hydrogen-bond donors (Lipinski definition) is 2. The average molecular weight is 322 g/mol. The zero-order valence-electron chi connectivity index (χ0n) is 12.0. The lowest BCUT2D eigenvalue weighted by molar-refractivity contribution is -0.141. The van der Waals surface area contributed by atoms with E-state index < -0.39 is 23.3 Å². The topological polar surface area (TPSA) is 80.4 Å². The number of halogens is 3. The van der Waals surface area contributed by atoms with Crippen molar-refractivity contribution in [3.63, 3.8) is 0 Å². The predicted octanol–water partition coefficient (Wildman–Crippen LogP) is 1.18. The summed E-state index contributed by atoms with van der Waals surface area (Å²) in [6, 6.07) is 1.51. The minimum atomic E-state index is -4.66. The van der Waals surface area contributed by atoms with Gasteiger partial charge in [0, 0.05) is 20.3 Å². The fraction of sp³-hybridized carbons (Fsp3) is 0.538. The molecule has 0 bridgehead atoms. The Kier molecular flexibility index (Phi) is 7.06. The first kappa shape index (κ1) is 18.2. The van der Waals surface area contributed by atoms with Crippen molar-refractivity contribution >= 4 is 5.91 Å². The molecule has 0 aliphatic heterocycles. The number of alkyl halides is 3. The van der Waals surface area contributed by atoms with Gasteiger partial charge in [0.15, 0.2) is 0 Å². The number of aromatic nitrogens is 1. The number of pyridine rings is 1. The normalized spacial score (nSPS) is 11.5. The van der Waals surface area contributed by atoms with Crippen LogP contribution >= 0.6 is 0 Å². The number of H-pyrrole nitrogens is 1. The number of ether oxygens (including phenoxy) is 2. The molecule has 1 aromatic rings. The van der Waals surface area contributed by atoms with Gasteiger partial charge in [-0.1, -0.05) is 0 Å². The summed E-state index contributed by atoms with van der Waals surface area (Å²) in [5.74, 6) is -0.730. The molecule has 2 N–H and O–H groups in total. The Morgan fingerprint density at radius 2 is 2.00 bits per heavy atom. The first-order valence-corrected chi connectivity index (χ1v) is 6.51. The largest absolute Gasteiger partial charge is 0.431 e. The second-order valence-electron chi connectivity index (χ2n) is 4.33. The number of carbonyl (C=O) groups is 1. The zero-order chi connectivity index (χ0) is 16.6. The van der Waals surface area contributed by atoms with E-state index in [4.69, 9.17) is 9.47 Å². The number of carbonyl (C=O) groups excluding carboxylic acids is 1. The Hall–Kier alpha value is -1.87. The summed E-state index contributed by atoms with van der Waals surface area (Å²) < 4.78 is 47.1. The van der Waals surface area contributed by atoms with Crippen molar-refractivity contribution in [2.24, 2.45) is 0 Å². The molecule has 0 saturated heterocycles. The van der Waals surface area contributed by atoms with Crippen LogP contribution in [0.3, 0.4) is 0 Å². The second kappa shape index (κ2) is 8.54. The van der Waals surface area contributed by atoms with Gasteiger partial charge in [0.2, 0.25) is 0 Å². The molecule has 1 rings (SSSR count). The van der Waals surface area contributed by atoms with Crippen LogP contribution in [-0.4, -0.2) is 44.4 Å². The van der Waals surface area contributed by atoms with Crippen molar-refractivity contribution in [3.8, 4) is 0 Å². The summed E-state index contributed by atoms with van der Waals surface area (Å²) in [6.07, 6.45) is -4.15.